The topological polar surface area (TPSA) is 0 Å². The summed E-state index contributed by atoms with van der Waals surface area (Å²) in [6, 6.07) is 0. The van der Waals surface area contributed by atoms with Gasteiger partial charge in [-0.05, 0) is 107 Å². The molecule has 0 N–H and O–H groups in total. The van der Waals surface area contributed by atoms with Gasteiger partial charge in [0.25, 0.3) is 0 Å². The molecule has 1 saturated carbocycles. The summed E-state index contributed by atoms with van der Waals surface area (Å²) in [5, 5.41) is 0. The molecule has 0 bridgehead atoms. The first-order valence-corrected chi connectivity index (χ1v) is 18.5. The van der Waals surface area contributed by atoms with E-state index in [1.54, 1.807) is 0 Å². The third-order valence-electron chi connectivity index (χ3n) is 12.3. The summed E-state index contributed by atoms with van der Waals surface area (Å²) >= 11 is 0. The molecule has 0 spiro atoms. The summed E-state index contributed by atoms with van der Waals surface area (Å²) in [7, 11) is 0. The lowest BCUT2D eigenvalue weighted by atomic mass is 9.60. The Kier molecular flexibility index (Phi) is 15.1. The van der Waals surface area contributed by atoms with Crippen LogP contribution in [-0.2, 0) is 0 Å². The third kappa shape index (κ3) is 13.3. The van der Waals surface area contributed by atoms with Gasteiger partial charge in [-0.3, -0.25) is 0 Å². The van der Waals surface area contributed by atoms with Gasteiger partial charge in [0.15, 0.2) is 0 Å². The Hall–Kier alpha value is 0. The minimum atomic E-state index is 0.360. The second-order valence-electron chi connectivity index (χ2n) is 20.0. The summed E-state index contributed by atoms with van der Waals surface area (Å²) in [6.45, 7) is 42.6. The van der Waals surface area contributed by atoms with E-state index in [9.17, 15) is 0 Å². The highest BCUT2D eigenvalue weighted by Crippen LogP contribution is 2.49. The van der Waals surface area contributed by atoms with Crippen LogP contribution in [0.2, 0.25) is 0 Å². The van der Waals surface area contributed by atoms with Gasteiger partial charge in [-0.2, -0.15) is 0 Å². The van der Waals surface area contributed by atoms with E-state index < -0.39 is 0 Å². The van der Waals surface area contributed by atoms with Gasteiger partial charge in [0, 0.05) is 0 Å². The van der Waals surface area contributed by atoms with Crippen molar-refractivity contribution < 1.29 is 0 Å². The summed E-state index contributed by atoms with van der Waals surface area (Å²) in [5.74, 6) is 7.55. The van der Waals surface area contributed by atoms with Crippen LogP contribution >= 0.6 is 0 Å². The standard InChI is InChI=1S/C41H82/c1-18-34(31(5)39(9,10)11)26-32-22-20-21-23-33(25-32)27-35(19-2)36(40(12,13)14)24-29(3)30(4)37(41(15,16)17)28-38(6,7)8/h29-37H,18-28H2,1-17H3/t29?,30?,31?,32-,33+,34?,35?,36?,37?/m1/s1. The lowest BCUT2D eigenvalue weighted by Gasteiger charge is -2.45. The summed E-state index contributed by atoms with van der Waals surface area (Å²) in [4.78, 5) is 0. The fourth-order valence-electron chi connectivity index (χ4n) is 9.11. The van der Waals surface area contributed by atoms with Gasteiger partial charge in [0.2, 0.25) is 0 Å². The second-order valence-corrected chi connectivity index (χ2v) is 20.0. The van der Waals surface area contributed by atoms with Gasteiger partial charge < -0.3 is 0 Å². The number of hydrogen-bond donors (Lipinski definition) is 0. The molecular formula is C41H82. The molecule has 0 heteroatoms. The molecular weight excluding hydrogens is 492 g/mol. The molecule has 0 aromatic carbocycles. The predicted molar refractivity (Wildman–Crippen MR) is 188 cm³/mol. The van der Waals surface area contributed by atoms with E-state index in [2.05, 4.69) is 118 Å². The van der Waals surface area contributed by atoms with Crippen LogP contribution in [0.15, 0.2) is 0 Å². The molecule has 9 atom stereocenters. The molecule has 41 heavy (non-hydrogen) atoms. The van der Waals surface area contributed by atoms with Gasteiger partial charge in [0.1, 0.15) is 0 Å². The largest absolute Gasteiger partial charge is 0.0651 e. The molecule has 0 radical (unpaired) electrons. The molecule has 1 aliphatic carbocycles. The predicted octanol–water partition coefficient (Wildman–Crippen LogP) is 14.1. The molecule has 0 nitrogen and oxygen atoms in total. The van der Waals surface area contributed by atoms with Crippen LogP contribution in [0.3, 0.4) is 0 Å². The zero-order chi connectivity index (χ0) is 32.0. The summed E-state index contributed by atoms with van der Waals surface area (Å²) < 4.78 is 0. The van der Waals surface area contributed by atoms with Crippen LogP contribution in [0.1, 0.15) is 188 Å². The average Bonchev–Trinajstić information content (AvgIpc) is 3.04. The molecule has 0 aromatic rings. The SMILES string of the molecule is CCC(C[C@@H]1CCCC[C@H](CC(CC)C(CC(C)C(C)C(CC(C)(C)C)C(C)(C)C)C(C)(C)C)C1)C(C)C(C)(C)C. The van der Waals surface area contributed by atoms with Crippen LogP contribution in [0, 0.1) is 74.9 Å². The van der Waals surface area contributed by atoms with Gasteiger partial charge in [-0.25, -0.2) is 0 Å². The fourth-order valence-corrected chi connectivity index (χ4v) is 9.11. The molecule has 0 saturated heterocycles. The van der Waals surface area contributed by atoms with Crippen molar-refractivity contribution in [1.29, 1.82) is 0 Å². The minimum Gasteiger partial charge on any atom is -0.0651 e. The van der Waals surface area contributed by atoms with Crippen molar-refractivity contribution >= 4 is 0 Å². The van der Waals surface area contributed by atoms with Crippen molar-refractivity contribution in [2.75, 3.05) is 0 Å². The average molecular weight is 575 g/mol. The van der Waals surface area contributed by atoms with Crippen LogP contribution < -0.4 is 0 Å². The van der Waals surface area contributed by atoms with Crippen LogP contribution in [0.4, 0.5) is 0 Å². The molecule has 7 unspecified atom stereocenters. The molecule has 0 aliphatic heterocycles. The van der Waals surface area contributed by atoms with E-state index in [0.717, 1.165) is 53.3 Å². The Morgan fingerprint density at radius 1 is 0.585 bits per heavy atom. The monoisotopic (exact) mass is 575 g/mol. The Morgan fingerprint density at radius 3 is 1.39 bits per heavy atom. The second kappa shape index (κ2) is 15.8. The summed E-state index contributed by atoms with van der Waals surface area (Å²) in [5.41, 5.74) is 1.54. The quantitative estimate of drug-likeness (QED) is 0.192. The maximum atomic E-state index is 2.61. The lowest BCUT2D eigenvalue weighted by molar-refractivity contribution is 0.0446. The normalized spacial score (nSPS) is 25.1. The fraction of sp³-hybridized carbons (Fsp3) is 1.00. The van der Waals surface area contributed by atoms with E-state index in [-0.39, 0.29) is 0 Å². The molecule has 1 rings (SSSR count). The zero-order valence-electron chi connectivity index (χ0n) is 32.0. The lowest BCUT2D eigenvalue weighted by Crippen LogP contribution is -2.37. The highest BCUT2D eigenvalue weighted by Gasteiger charge is 2.40. The van der Waals surface area contributed by atoms with Crippen molar-refractivity contribution in [3.63, 3.8) is 0 Å². The highest BCUT2D eigenvalue weighted by molar-refractivity contribution is 4.89. The van der Waals surface area contributed by atoms with Gasteiger partial charge in [-0.1, -0.05) is 156 Å². The van der Waals surface area contributed by atoms with E-state index >= 15 is 0 Å². The first-order valence-electron chi connectivity index (χ1n) is 18.5. The van der Waals surface area contributed by atoms with Gasteiger partial charge >= 0.3 is 0 Å². The molecule has 0 heterocycles. The van der Waals surface area contributed by atoms with Crippen LogP contribution in [-0.4, -0.2) is 0 Å². The van der Waals surface area contributed by atoms with Crippen molar-refractivity contribution in [2.45, 2.75) is 188 Å². The van der Waals surface area contributed by atoms with E-state index in [0.29, 0.717) is 21.7 Å². The van der Waals surface area contributed by atoms with E-state index in [1.165, 1.54) is 70.6 Å². The molecule has 0 amide bonds. The van der Waals surface area contributed by atoms with Crippen molar-refractivity contribution in [3.8, 4) is 0 Å². The Balaban J connectivity index is 3.09. The maximum absolute atomic E-state index is 2.61. The Bertz CT molecular complexity index is 700. The highest BCUT2D eigenvalue weighted by atomic mass is 14.4. The summed E-state index contributed by atoms with van der Waals surface area (Å²) in [6.07, 6.45) is 15.8. The van der Waals surface area contributed by atoms with E-state index in [1.807, 2.05) is 0 Å². The smallest absolute Gasteiger partial charge is 0.0332 e. The van der Waals surface area contributed by atoms with Crippen molar-refractivity contribution in [1.82, 2.24) is 0 Å². The molecule has 0 aromatic heterocycles. The first kappa shape index (κ1) is 39.0. The van der Waals surface area contributed by atoms with Crippen LogP contribution in [0.25, 0.3) is 0 Å². The van der Waals surface area contributed by atoms with Crippen molar-refractivity contribution in [3.05, 3.63) is 0 Å². The number of rotatable bonds is 13. The molecule has 1 fully saturated rings. The number of hydrogen-bond acceptors (Lipinski definition) is 0. The molecule has 1 aliphatic rings. The maximum Gasteiger partial charge on any atom is -0.0332 e. The molecule has 246 valence electrons. The van der Waals surface area contributed by atoms with Crippen molar-refractivity contribution in [2.24, 2.45) is 74.9 Å². The van der Waals surface area contributed by atoms with Gasteiger partial charge in [-0.15, -0.1) is 0 Å². The first-order chi connectivity index (χ1) is 18.5. The Morgan fingerprint density at radius 2 is 1.02 bits per heavy atom. The third-order valence-corrected chi connectivity index (χ3v) is 12.3. The zero-order valence-corrected chi connectivity index (χ0v) is 32.0. The Labute approximate surface area is 262 Å². The van der Waals surface area contributed by atoms with Crippen LogP contribution in [0.5, 0.6) is 0 Å². The van der Waals surface area contributed by atoms with E-state index in [4.69, 9.17) is 0 Å². The van der Waals surface area contributed by atoms with Gasteiger partial charge in [0.05, 0.1) is 0 Å². The minimum absolute atomic E-state index is 0.360.